The number of halogens is 1. The van der Waals surface area contributed by atoms with Crippen LogP contribution in [0.1, 0.15) is 18.1 Å². The minimum atomic E-state index is -0.208. The molecule has 0 radical (unpaired) electrons. The molecule has 0 spiro atoms. The molecule has 0 aliphatic carbocycles. The van der Waals surface area contributed by atoms with Gasteiger partial charge < -0.3 is 15.0 Å². The van der Waals surface area contributed by atoms with E-state index in [4.69, 9.17) is 4.74 Å². The van der Waals surface area contributed by atoms with Gasteiger partial charge in [0.05, 0.1) is 13.0 Å². The third kappa shape index (κ3) is 4.00. The van der Waals surface area contributed by atoms with Crippen molar-refractivity contribution in [1.82, 2.24) is 10.2 Å². The van der Waals surface area contributed by atoms with Crippen molar-refractivity contribution < 1.29 is 13.9 Å². The highest BCUT2D eigenvalue weighted by Gasteiger charge is 2.36. The summed E-state index contributed by atoms with van der Waals surface area (Å²) in [6, 6.07) is 5.18. The molecule has 0 amide bonds. The topological polar surface area (TPSA) is 53.9 Å². The van der Waals surface area contributed by atoms with Crippen LogP contribution < -0.4 is 5.32 Å². The van der Waals surface area contributed by atoms with Crippen molar-refractivity contribution in [3.63, 3.8) is 0 Å². The molecule has 2 rings (SSSR count). The van der Waals surface area contributed by atoms with Crippen LogP contribution >= 0.6 is 0 Å². The van der Waals surface area contributed by atoms with Gasteiger partial charge in [0.1, 0.15) is 5.82 Å². The van der Waals surface area contributed by atoms with E-state index >= 15 is 0 Å². The van der Waals surface area contributed by atoms with Crippen LogP contribution in [0.4, 0.5) is 4.39 Å². The molecule has 1 N–H and O–H groups in total. The van der Waals surface area contributed by atoms with Crippen LogP contribution in [0.2, 0.25) is 0 Å². The first kappa shape index (κ1) is 17.2. The molecule has 0 saturated carbocycles. The molecule has 1 aromatic carbocycles. The van der Waals surface area contributed by atoms with Crippen molar-refractivity contribution in [2.75, 3.05) is 27.2 Å². The lowest BCUT2D eigenvalue weighted by atomic mass is 9.99. The monoisotopic (exact) mass is 321 g/mol. The van der Waals surface area contributed by atoms with Gasteiger partial charge in [-0.1, -0.05) is 19.1 Å². The number of methoxy groups -OCH3 is 1. The molecule has 1 fully saturated rings. The second-order valence-corrected chi connectivity index (χ2v) is 6.00. The Balaban J connectivity index is 1.98. The highest BCUT2D eigenvalue weighted by Crippen LogP contribution is 2.24. The minimum absolute atomic E-state index is 0.143. The number of nitrogens with zero attached hydrogens (tertiary/aromatic N) is 2. The number of benzene rings is 1. The lowest BCUT2D eigenvalue weighted by Crippen LogP contribution is -2.40. The number of carbonyl (C=O) groups excluding carboxylic acids is 1. The molecular formula is C17H24FN3O2. The Morgan fingerprint density at radius 2 is 2.22 bits per heavy atom. The number of aliphatic imine (C=N–C) groups is 1. The molecule has 1 aromatic rings. The Labute approximate surface area is 136 Å². The summed E-state index contributed by atoms with van der Waals surface area (Å²) in [6.45, 7) is 5.57. The van der Waals surface area contributed by atoms with Crippen LogP contribution in [-0.4, -0.2) is 44.1 Å². The van der Waals surface area contributed by atoms with Crippen molar-refractivity contribution >= 4 is 11.9 Å². The van der Waals surface area contributed by atoms with E-state index in [1.807, 2.05) is 17.9 Å². The summed E-state index contributed by atoms with van der Waals surface area (Å²) in [7, 11) is 3.12. The number of likely N-dealkylation sites (tertiary alicyclic amines) is 1. The zero-order chi connectivity index (χ0) is 17.0. The van der Waals surface area contributed by atoms with Crippen LogP contribution in [0.5, 0.6) is 0 Å². The SMILES string of the molecule is CN=C(NCc1ccc(C)c(F)c1)N1CC(C)C(C(=O)OC)C1. The molecule has 2 atom stereocenters. The number of guanidine groups is 1. The van der Waals surface area contributed by atoms with Gasteiger partial charge in [-0.3, -0.25) is 9.79 Å². The Hall–Kier alpha value is -2.11. The number of ether oxygens (including phenoxy) is 1. The van der Waals surface area contributed by atoms with Gasteiger partial charge in [0.15, 0.2) is 5.96 Å². The van der Waals surface area contributed by atoms with E-state index in [-0.39, 0.29) is 23.6 Å². The van der Waals surface area contributed by atoms with Crippen molar-refractivity contribution in [3.05, 3.63) is 35.1 Å². The number of rotatable bonds is 3. The second kappa shape index (κ2) is 7.44. The summed E-state index contributed by atoms with van der Waals surface area (Å²) < 4.78 is 18.4. The average Bonchev–Trinajstić information content (AvgIpc) is 2.92. The lowest BCUT2D eigenvalue weighted by Gasteiger charge is -2.21. The van der Waals surface area contributed by atoms with Gasteiger partial charge in [-0.15, -0.1) is 0 Å². The van der Waals surface area contributed by atoms with E-state index in [1.165, 1.54) is 13.2 Å². The molecule has 1 saturated heterocycles. The Morgan fingerprint density at radius 3 is 2.83 bits per heavy atom. The zero-order valence-electron chi connectivity index (χ0n) is 14.1. The van der Waals surface area contributed by atoms with Crippen molar-refractivity contribution in [3.8, 4) is 0 Å². The Kier molecular flexibility index (Phi) is 5.58. The molecule has 6 heteroatoms. The van der Waals surface area contributed by atoms with Gasteiger partial charge in [0.2, 0.25) is 0 Å². The number of aryl methyl sites for hydroxylation is 1. The van der Waals surface area contributed by atoms with Gasteiger partial charge in [-0.25, -0.2) is 4.39 Å². The number of esters is 1. The first-order valence-electron chi connectivity index (χ1n) is 7.74. The third-order valence-corrected chi connectivity index (χ3v) is 4.31. The molecule has 126 valence electrons. The first-order chi connectivity index (χ1) is 11.0. The summed E-state index contributed by atoms with van der Waals surface area (Å²) in [4.78, 5) is 18.1. The van der Waals surface area contributed by atoms with Crippen LogP contribution in [0, 0.1) is 24.6 Å². The highest BCUT2D eigenvalue weighted by molar-refractivity contribution is 5.82. The van der Waals surface area contributed by atoms with Crippen LogP contribution in [0.15, 0.2) is 23.2 Å². The van der Waals surface area contributed by atoms with Gasteiger partial charge in [-0.2, -0.15) is 0 Å². The van der Waals surface area contributed by atoms with Gasteiger partial charge >= 0.3 is 5.97 Å². The standard InChI is InChI=1S/C17H24FN3O2/c1-11-5-6-13(7-15(11)18)8-20-17(19-3)21-9-12(2)14(10-21)16(22)23-4/h5-7,12,14H,8-10H2,1-4H3,(H,19,20). The maximum atomic E-state index is 13.6. The molecule has 2 unspecified atom stereocenters. The van der Waals surface area contributed by atoms with Crippen LogP contribution in [0.25, 0.3) is 0 Å². The highest BCUT2D eigenvalue weighted by atomic mass is 19.1. The lowest BCUT2D eigenvalue weighted by molar-refractivity contribution is -0.145. The maximum absolute atomic E-state index is 13.6. The first-order valence-corrected chi connectivity index (χ1v) is 7.74. The summed E-state index contributed by atoms with van der Waals surface area (Å²) in [5.74, 6) is 0.383. The van der Waals surface area contributed by atoms with E-state index in [0.717, 1.165) is 12.1 Å². The van der Waals surface area contributed by atoms with E-state index in [9.17, 15) is 9.18 Å². The van der Waals surface area contributed by atoms with E-state index in [2.05, 4.69) is 10.3 Å². The fourth-order valence-electron chi connectivity index (χ4n) is 2.86. The molecule has 1 heterocycles. The van der Waals surface area contributed by atoms with Crippen molar-refractivity contribution in [2.45, 2.75) is 20.4 Å². The predicted molar refractivity (Wildman–Crippen MR) is 87.6 cm³/mol. The van der Waals surface area contributed by atoms with E-state index in [1.54, 1.807) is 20.0 Å². The van der Waals surface area contributed by atoms with Gasteiger partial charge in [-0.05, 0) is 30.0 Å². The zero-order valence-corrected chi connectivity index (χ0v) is 14.1. The maximum Gasteiger partial charge on any atom is 0.310 e. The number of nitrogens with one attached hydrogen (secondary N) is 1. The molecule has 1 aliphatic rings. The number of hydrogen-bond acceptors (Lipinski definition) is 3. The van der Waals surface area contributed by atoms with E-state index in [0.29, 0.717) is 24.6 Å². The molecule has 23 heavy (non-hydrogen) atoms. The molecule has 5 nitrogen and oxygen atoms in total. The number of hydrogen-bond donors (Lipinski definition) is 1. The van der Waals surface area contributed by atoms with Crippen LogP contribution in [0.3, 0.4) is 0 Å². The molecule has 1 aliphatic heterocycles. The molecule has 0 bridgehead atoms. The van der Waals surface area contributed by atoms with Crippen molar-refractivity contribution in [2.24, 2.45) is 16.8 Å². The minimum Gasteiger partial charge on any atom is -0.469 e. The fourth-order valence-corrected chi connectivity index (χ4v) is 2.86. The molecular weight excluding hydrogens is 297 g/mol. The smallest absolute Gasteiger partial charge is 0.310 e. The fraction of sp³-hybridized carbons (Fsp3) is 0.529. The van der Waals surface area contributed by atoms with E-state index < -0.39 is 0 Å². The summed E-state index contributed by atoms with van der Waals surface area (Å²) in [5, 5.41) is 3.23. The Bertz CT molecular complexity index is 604. The summed E-state index contributed by atoms with van der Waals surface area (Å²) >= 11 is 0. The Morgan fingerprint density at radius 1 is 1.48 bits per heavy atom. The average molecular weight is 321 g/mol. The van der Waals surface area contributed by atoms with Gasteiger partial charge in [0, 0.05) is 26.7 Å². The second-order valence-electron chi connectivity index (χ2n) is 6.00. The third-order valence-electron chi connectivity index (χ3n) is 4.31. The van der Waals surface area contributed by atoms with Crippen LogP contribution in [-0.2, 0) is 16.1 Å². The predicted octanol–water partition coefficient (Wildman–Crippen LogP) is 1.95. The normalized spacial score (nSPS) is 21.4. The summed E-state index contributed by atoms with van der Waals surface area (Å²) in [5.41, 5.74) is 1.48. The number of carbonyl (C=O) groups is 1. The molecule has 0 aromatic heterocycles. The van der Waals surface area contributed by atoms with Crippen molar-refractivity contribution in [1.29, 1.82) is 0 Å². The quantitative estimate of drug-likeness (QED) is 0.525. The summed E-state index contributed by atoms with van der Waals surface area (Å²) in [6.07, 6.45) is 0. The largest absolute Gasteiger partial charge is 0.469 e. The van der Waals surface area contributed by atoms with Gasteiger partial charge in [0.25, 0.3) is 0 Å².